The van der Waals surface area contributed by atoms with E-state index >= 15 is 0 Å². The quantitative estimate of drug-likeness (QED) is 0.830. The van der Waals surface area contributed by atoms with Crippen molar-refractivity contribution in [3.63, 3.8) is 0 Å². The highest BCUT2D eigenvalue weighted by molar-refractivity contribution is 9.10. The minimum atomic E-state index is 0.457. The van der Waals surface area contributed by atoms with E-state index < -0.39 is 0 Å². The van der Waals surface area contributed by atoms with Crippen LogP contribution in [0.1, 0.15) is 25.3 Å². The van der Waals surface area contributed by atoms with Crippen LogP contribution in [-0.2, 0) is 11.3 Å². The Morgan fingerprint density at radius 2 is 2.00 bits per heavy atom. The Balaban J connectivity index is 2.38. The molecule has 1 unspecified atom stereocenters. The Hall–Kier alpha value is -0.380. The lowest BCUT2D eigenvalue weighted by molar-refractivity contribution is 0.161. The van der Waals surface area contributed by atoms with Gasteiger partial charge < -0.3 is 10.1 Å². The molecule has 0 aromatic heterocycles. The van der Waals surface area contributed by atoms with E-state index in [1.165, 1.54) is 12.0 Å². The van der Waals surface area contributed by atoms with E-state index in [1.54, 1.807) is 7.11 Å². The highest BCUT2D eigenvalue weighted by Crippen LogP contribution is 2.10. The van der Waals surface area contributed by atoms with Gasteiger partial charge in [-0.3, -0.25) is 0 Å². The van der Waals surface area contributed by atoms with Crippen LogP contribution in [0.3, 0.4) is 0 Å². The first-order chi connectivity index (χ1) is 7.76. The normalized spacial score (nSPS) is 12.7. The van der Waals surface area contributed by atoms with E-state index in [2.05, 4.69) is 52.4 Å². The lowest BCUT2D eigenvalue weighted by Crippen LogP contribution is -2.32. The van der Waals surface area contributed by atoms with Crippen molar-refractivity contribution >= 4 is 15.9 Å². The largest absolute Gasteiger partial charge is 0.383 e. The molecule has 0 saturated carbocycles. The maximum atomic E-state index is 5.19. The minimum Gasteiger partial charge on any atom is -0.383 e. The van der Waals surface area contributed by atoms with Crippen molar-refractivity contribution in [3.05, 3.63) is 34.3 Å². The predicted molar refractivity (Wildman–Crippen MR) is 71.6 cm³/mol. The van der Waals surface area contributed by atoms with E-state index in [9.17, 15) is 0 Å². The molecule has 0 aliphatic rings. The fourth-order valence-corrected chi connectivity index (χ4v) is 1.92. The van der Waals surface area contributed by atoms with E-state index in [0.717, 1.165) is 24.0 Å². The third kappa shape index (κ3) is 5.10. The number of rotatable bonds is 7. The molecule has 1 N–H and O–H groups in total. The van der Waals surface area contributed by atoms with Gasteiger partial charge in [0.05, 0.1) is 6.61 Å². The monoisotopic (exact) mass is 285 g/mol. The maximum Gasteiger partial charge on any atom is 0.0615 e. The SMILES string of the molecule is CCCC(COC)NCc1ccc(Br)cc1. The number of ether oxygens (including phenoxy) is 1. The van der Waals surface area contributed by atoms with Crippen LogP contribution in [0.2, 0.25) is 0 Å². The molecule has 0 spiro atoms. The number of benzene rings is 1. The number of halogens is 1. The van der Waals surface area contributed by atoms with Gasteiger partial charge in [-0.05, 0) is 24.1 Å². The topological polar surface area (TPSA) is 21.3 Å². The summed E-state index contributed by atoms with van der Waals surface area (Å²) in [6.07, 6.45) is 2.34. The van der Waals surface area contributed by atoms with Gasteiger partial charge in [-0.2, -0.15) is 0 Å². The molecule has 1 rings (SSSR count). The van der Waals surface area contributed by atoms with Crippen molar-refractivity contribution in [1.29, 1.82) is 0 Å². The summed E-state index contributed by atoms with van der Waals surface area (Å²) in [5, 5.41) is 3.52. The van der Waals surface area contributed by atoms with Gasteiger partial charge in [0.2, 0.25) is 0 Å². The second-order valence-corrected chi connectivity index (χ2v) is 4.86. The Morgan fingerprint density at radius 3 is 2.56 bits per heavy atom. The molecule has 90 valence electrons. The van der Waals surface area contributed by atoms with Crippen LogP contribution in [0.5, 0.6) is 0 Å². The predicted octanol–water partition coefficient (Wildman–Crippen LogP) is 3.35. The summed E-state index contributed by atoms with van der Waals surface area (Å²) in [7, 11) is 1.75. The Kier molecular flexibility index (Phi) is 6.69. The summed E-state index contributed by atoms with van der Waals surface area (Å²) in [5.74, 6) is 0. The molecule has 0 saturated heterocycles. The second kappa shape index (κ2) is 7.82. The van der Waals surface area contributed by atoms with Gasteiger partial charge in [0.25, 0.3) is 0 Å². The fourth-order valence-electron chi connectivity index (χ4n) is 1.66. The van der Waals surface area contributed by atoms with Gasteiger partial charge in [0.1, 0.15) is 0 Å². The van der Waals surface area contributed by atoms with Crippen molar-refractivity contribution < 1.29 is 4.74 Å². The van der Waals surface area contributed by atoms with Crippen molar-refractivity contribution in [2.24, 2.45) is 0 Å². The van der Waals surface area contributed by atoms with Crippen LogP contribution < -0.4 is 5.32 Å². The summed E-state index contributed by atoms with van der Waals surface area (Å²) in [5.41, 5.74) is 1.31. The van der Waals surface area contributed by atoms with Gasteiger partial charge in [0.15, 0.2) is 0 Å². The lowest BCUT2D eigenvalue weighted by Gasteiger charge is -2.17. The van der Waals surface area contributed by atoms with Gasteiger partial charge in [0, 0.05) is 24.2 Å². The first-order valence-corrected chi connectivity index (χ1v) is 6.52. The summed E-state index contributed by atoms with van der Waals surface area (Å²) in [6.45, 7) is 3.88. The van der Waals surface area contributed by atoms with E-state index in [1.807, 2.05) is 0 Å². The van der Waals surface area contributed by atoms with E-state index in [0.29, 0.717) is 6.04 Å². The molecule has 0 radical (unpaired) electrons. The van der Waals surface area contributed by atoms with Crippen LogP contribution in [0.25, 0.3) is 0 Å². The van der Waals surface area contributed by atoms with Gasteiger partial charge >= 0.3 is 0 Å². The van der Waals surface area contributed by atoms with Gasteiger partial charge in [-0.15, -0.1) is 0 Å². The van der Waals surface area contributed by atoms with Crippen LogP contribution in [0, 0.1) is 0 Å². The Morgan fingerprint density at radius 1 is 1.31 bits per heavy atom. The maximum absolute atomic E-state index is 5.19. The molecular weight excluding hydrogens is 266 g/mol. The lowest BCUT2D eigenvalue weighted by atomic mass is 10.1. The van der Waals surface area contributed by atoms with E-state index in [-0.39, 0.29) is 0 Å². The van der Waals surface area contributed by atoms with Crippen LogP contribution >= 0.6 is 15.9 Å². The first kappa shape index (κ1) is 13.7. The number of methoxy groups -OCH3 is 1. The van der Waals surface area contributed by atoms with Crippen LogP contribution in [0.15, 0.2) is 28.7 Å². The van der Waals surface area contributed by atoms with Crippen molar-refractivity contribution in [2.45, 2.75) is 32.4 Å². The summed E-state index contributed by atoms with van der Waals surface area (Å²) >= 11 is 3.43. The van der Waals surface area contributed by atoms with Crippen LogP contribution in [-0.4, -0.2) is 19.8 Å². The minimum absolute atomic E-state index is 0.457. The first-order valence-electron chi connectivity index (χ1n) is 5.73. The molecule has 1 aromatic rings. The highest BCUT2D eigenvalue weighted by atomic mass is 79.9. The molecule has 0 amide bonds. The smallest absolute Gasteiger partial charge is 0.0615 e. The van der Waals surface area contributed by atoms with Gasteiger partial charge in [-0.1, -0.05) is 41.4 Å². The zero-order valence-electron chi connectivity index (χ0n) is 10.0. The average Bonchev–Trinajstić information content (AvgIpc) is 2.29. The molecule has 0 bridgehead atoms. The zero-order valence-corrected chi connectivity index (χ0v) is 11.6. The molecule has 0 heterocycles. The molecule has 3 heteroatoms. The average molecular weight is 286 g/mol. The molecule has 0 fully saturated rings. The summed E-state index contributed by atoms with van der Waals surface area (Å²) in [4.78, 5) is 0. The summed E-state index contributed by atoms with van der Waals surface area (Å²) in [6, 6.07) is 8.86. The molecule has 0 aliphatic carbocycles. The second-order valence-electron chi connectivity index (χ2n) is 3.95. The molecule has 2 nitrogen and oxygen atoms in total. The molecule has 0 aliphatic heterocycles. The fraction of sp³-hybridized carbons (Fsp3) is 0.538. The number of nitrogens with one attached hydrogen (secondary N) is 1. The Bertz CT molecular complexity index is 280. The van der Waals surface area contributed by atoms with Crippen molar-refractivity contribution in [3.8, 4) is 0 Å². The summed E-state index contributed by atoms with van der Waals surface area (Å²) < 4.78 is 6.32. The molecule has 16 heavy (non-hydrogen) atoms. The van der Waals surface area contributed by atoms with Gasteiger partial charge in [-0.25, -0.2) is 0 Å². The van der Waals surface area contributed by atoms with Crippen molar-refractivity contribution in [2.75, 3.05) is 13.7 Å². The van der Waals surface area contributed by atoms with Crippen LogP contribution in [0.4, 0.5) is 0 Å². The molecule has 1 atom stereocenters. The Labute approximate surface area is 107 Å². The molecule has 1 aromatic carbocycles. The third-order valence-corrected chi connectivity index (χ3v) is 3.04. The highest BCUT2D eigenvalue weighted by Gasteiger charge is 2.05. The zero-order chi connectivity index (χ0) is 11.8. The number of hydrogen-bond acceptors (Lipinski definition) is 2. The number of hydrogen-bond donors (Lipinski definition) is 1. The standard InChI is InChI=1S/C13H20BrNO/c1-3-4-13(10-16-2)15-9-11-5-7-12(14)8-6-11/h5-8,13,15H,3-4,9-10H2,1-2H3. The van der Waals surface area contributed by atoms with Crippen molar-refractivity contribution in [1.82, 2.24) is 5.32 Å². The third-order valence-electron chi connectivity index (χ3n) is 2.51. The molecular formula is C13H20BrNO. The van der Waals surface area contributed by atoms with E-state index in [4.69, 9.17) is 4.74 Å².